The molecular weight excluding hydrogens is 250 g/mol. The molecule has 122 valence electrons. The van der Waals surface area contributed by atoms with Crippen LogP contribution in [0.15, 0.2) is 0 Å². The SMILES string of the molecule is CCC(CO)(CCCN(CCN(C)C)CC(C)C)NC. The predicted octanol–water partition coefficient (Wildman–Crippen LogP) is 1.65. The van der Waals surface area contributed by atoms with Crippen LogP contribution < -0.4 is 5.32 Å². The molecule has 1 unspecified atom stereocenters. The van der Waals surface area contributed by atoms with Crippen LogP contribution in [0.25, 0.3) is 0 Å². The minimum Gasteiger partial charge on any atom is -0.394 e. The molecule has 0 aliphatic carbocycles. The molecule has 0 aliphatic heterocycles. The Kier molecular flexibility index (Phi) is 10.5. The molecule has 0 saturated carbocycles. The van der Waals surface area contributed by atoms with Gasteiger partial charge in [-0.15, -0.1) is 0 Å². The largest absolute Gasteiger partial charge is 0.394 e. The summed E-state index contributed by atoms with van der Waals surface area (Å²) in [5.74, 6) is 0.704. The van der Waals surface area contributed by atoms with Gasteiger partial charge in [0.05, 0.1) is 6.61 Å². The van der Waals surface area contributed by atoms with E-state index in [2.05, 4.69) is 50.0 Å². The molecule has 0 amide bonds. The van der Waals surface area contributed by atoms with E-state index in [9.17, 15) is 5.11 Å². The summed E-state index contributed by atoms with van der Waals surface area (Å²) in [5, 5.41) is 12.9. The number of rotatable bonds is 12. The van der Waals surface area contributed by atoms with Crippen LogP contribution in [0.1, 0.15) is 40.0 Å². The number of aliphatic hydroxyl groups excluding tert-OH is 1. The van der Waals surface area contributed by atoms with Gasteiger partial charge in [-0.25, -0.2) is 0 Å². The van der Waals surface area contributed by atoms with Gasteiger partial charge in [0.15, 0.2) is 0 Å². The summed E-state index contributed by atoms with van der Waals surface area (Å²) in [6.07, 6.45) is 3.14. The Morgan fingerprint density at radius 1 is 1.15 bits per heavy atom. The Balaban J connectivity index is 4.23. The van der Waals surface area contributed by atoms with E-state index in [1.54, 1.807) is 0 Å². The zero-order valence-electron chi connectivity index (χ0n) is 14.6. The molecule has 0 aromatic rings. The zero-order valence-corrected chi connectivity index (χ0v) is 14.6. The molecule has 2 N–H and O–H groups in total. The maximum absolute atomic E-state index is 9.58. The topological polar surface area (TPSA) is 38.7 Å². The number of aliphatic hydroxyl groups is 1. The molecule has 0 bridgehead atoms. The Morgan fingerprint density at radius 3 is 2.20 bits per heavy atom. The third kappa shape index (κ3) is 8.20. The Morgan fingerprint density at radius 2 is 1.80 bits per heavy atom. The van der Waals surface area contributed by atoms with Crippen LogP contribution >= 0.6 is 0 Å². The highest BCUT2D eigenvalue weighted by Crippen LogP contribution is 2.16. The molecule has 0 saturated heterocycles. The number of nitrogens with one attached hydrogen (secondary N) is 1. The number of hydrogen-bond donors (Lipinski definition) is 2. The van der Waals surface area contributed by atoms with Crippen LogP contribution in [0.5, 0.6) is 0 Å². The van der Waals surface area contributed by atoms with Crippen molar-refractivity contribution in [1.82, 2.24) is 15.1 Å². The first-order valence-electron chi connectivity index (χ1n) is 8.06. The number of nitrogens with zero attached hydrogens (tertiary/aromatic N) is 2. The van der Waals surface area contributed by atoms with Gasteiger partial charge in [-0.05, 0) is 52.9 Å². The third-order valence-electron chi connectivity index (χ3n) is 4.13. The first kappa shape index (κ1) is 19.8. The van der Waals surface area contributed by atoms with E-state index in [0.717, 1.165) is 45.4 Å². The van der Waals surface area contributed by atoms with E-state index in [-0.39, 0.29) is 12.1 Å². The molecule has 0 radical (unpaired) electrons. The lowest BCUT2D eigenvalue weighted by molar-refractivity contribution is 0.142. The molecule has 0 spiro atoms. The van der Waals surface area contributed by atoms with Gasteiger partial charge in [-0.1, -0.05) is 20.8 Å². The van der Waals surface area contributed by atoms with Gasteiger partial charge in [-0.3, -0.25) is 0 Å². The first-order valence-corrected chi connectivity index (χ1v) is 8.06. The van der Waals surface area contributed by atoms with Gasteiger partial charge in [0.2, 0.25) is 0 Å². The van der Waals surface area contributed by atoms with Crippen molar-refractivity contribution in [3.05, 3.63) is 0 Å². The maximum Gasteiger partial charge on any atom is 0.0613 e. The van der Waals surface area contributed by atoms with E-state index >= 15 is 0 Å². The van der Waals surface area contributed by atoms with Crippen LogP contribution in [0, 0.1) is 5.92 Å². The lowest BCUT2D eigenvalue weighted by Gasteiger charge is -2.32. The standard InChI is InChI=1S/C16H37N3O/c1-7-16(14-20,17-4)9-8-10-19(13-15(2)3)12-11-18(5)6/h15,17,20H,7-14H2,1-6H3. The van der Waals surface area contributed by atoms with Crippen molar-refractivity contribution in [2.24, 2.45) is 5.92 Å². The summed E-state index contributed by atoms with van der Waals surface area (Å²) in [5.41, 5.74) is -0.0922. The minimum absolute atomic E-state index is 0.0922. The van der Waals surface area contributed by atoms with Crippen LogP contribution in [-0.2, 0) is 0 Å². The Hall–Kier alpha value is -0.160. The molecular formula is C16H37N3O. The van der Waals surface area contributed by atoms with E-state index in [4.69, 9.17) is 0 Å². The smallest absolute Gasteiger partial charge is 0.0613 e. The summed E-state index contributed by atoms with van der Waals surface area (Å²) in [6.45, 7) is 11.4. The van der Waals surface area contributed by atoms with Gasteiger partial charge in [0, 0.05) is 25.2 Å². The highest BCUT2D eigenvalue weighted by atomic mass is 16.3. The fraction of sp³-hybridized carbons (Fsp3) is 1.00. The van der Waals surface area contributed by atoms with Gasteiger partial charge in [0.1, 0.15) is 0 Å². The Labute approximate surface area is 126 Å². The van der Waals surface area contributed by atoms with E-state index in [1.807, 2.05) is 7.05 Å². The summed E-state index contributed by atoms with van der Waals surface area (Å²) >= 11 is 0. The van der Waals surface area contributed by atoms with Crippen molar-refractivity contribution in [3.8, 4) is 0 Å². The quantitative estimate of drug-likeness (QED) is 0.572. The summed E-state index contributed by atoms with van der Waals surface area (Å²) in [4.78, 5) is 4.79. The molecule has 0 aromatic heterocycles. The van der Waals surface area contributed by atoms with Crippen molar-refractivity contribution < 1.29 is 5.11 Å². The highest BCUT2D eigenvalue weighted by Gasteiger charge is 2.24. The van der Waals surface area contributed by atoms with Crippen LogP contribution in [0.4, 0.5) is 0 Å². The molecule has 0 fully saturated rings. The summed E-state index contributed by atoms with van der Waals surface area (Å²) < 4.78 is 0. The normalized spacial score (nSPS) is 15.3. The number of likely N-dealkylation sites (N-methyl/N-ethyl adjacent to an activating group) is 2. The molecule has 1 atom stereocenters. The maximum atomic E-state index is 9.58. The van der Waals surface area contributed by atoms with Crippen molar-refractivity contribution in [3.63, 3.8) is 0 Å². The van der Waals surface area contributed by atoms with Crippen LogP contribution in [-0.4, -0.2) is 74.4 Å². The average Bonchev–Trinajstić information content (AvgIpc) is 2.40. The number of hydrogen-bond acceptors (Lipinski definition) is 4. The van der Waals surface area contributed by atoms with E-state index < -0.39 is 0 Å². The highest BCUT2D eigenvalue weighted by molar-refractivity contribution is 4.84. The Bertz CT molecular complexity index is 219. The van der Waals surface area contributed by atoms with Crippen molar-refractivity contribution >= 4 is 0 Å². The lowest BCUT2D eigenvalue weighted by Crippen LogP contribution is -2.46. The monoisotopic (exact) mass is 287 g/mol. The fourth-order valence-electron chi connectivity index (χ4n) is 2.54. The van der Waals surface area contributed by atoms with Gasteiger partial charge in [0.25, 0.3) is 0 Å². The fourth-order valence-corrected chi connectivity index (χ4v) is 2.54. The lowest BCUT2D eigenvalue weighted by atomic mass is 9.91. The van der Waals surface area contributed by atoms with Crippen LogP contribution in [0.2, 0.25) is 0 Å². The molecule has 4 heteroatoms. The van der Waals surface area contributed by atoms with Gasteiger partial charge in [-0.2, -0.15) is 0 Å². The van der Waals surface area contributed by atoms with E-state index in [1.165, 1.54) is 0 Å². The second kappa shape index (κ2) is 10.6. The van der Waals surface area contributed by atoms with Crippen LogP contribution in [0.3, 0.4) is 0 Å². The second-order valence-corrected chi connectivity index (χ2v) is 6.64. The molecule has 4 nitrogen and oxygen atoms in total. The van der Waals surface area contributed by atoms with Crippen molar-refractivity contribution in [2.45, 2.75) is 45.6 Å². The third-order valence-corrected chi connectivity index (χ3v) is 4.13. The van der Waals surface area contributed by atoms with E-state index in [0.29, 0.717) is 5.92 Å². The molecule has 0 heterocycles. The minimum atomic E-state index is -0.0922. The van der Waals surface area contributed by atoms with Crippen molar-refractivity contribution in [2.75, 3.05) is 53.9 Å². The first-order chi connectivity index (χ1) is 9.39. The molecule has 0 aliphatic rings. The average molecular weight is 287 g/mol. The molecule has 0 rings (SSSR count). The molecule has 20 heavy (non-hydrogen) atoms. The summed E-state index contributed by atoms with van der Waals surface area (Å²) in [6, 6.07) is 0. The van der Waals surface area contributed by atoms with Gasteiger partial charge >= 0.3 is 0 Å². The summed E-state index contributed by atoms with van der Waals surface area (Å²) in [7, 11) is 6.21. The molecule has 0 aromatic carbocycles. The zero-order chi connectivity index (χ0) is 15.6. The predicted molar refractivity (Wildman–Crippen MR) is 88.2 cm³/mol. The van der Waals surface area contributed by atoms with Gasteiger partial charge < -0.3 is 20.2 Å². The second-order valence-electron chi connectivity index (χ2n) is 6.64. The van der Waals surface area contributed by atoms with Crippen molar-refractivity contribution in [1.29, 1.82) is 0 Å².